The second-order valence-electron chi connectivity index (χ2n) is 4.22. The number of thiazole rings is 1. The molecule has 1 aromatic heterocycles. The van der Waals surface area contributed by atoms with E-state index in [4.69, 9.17) is 0 Å². The second-order valence-corrected chi connectivity index (χ2v) is 5.33. The van der Waals surface area contributed by atoms with E-state index in [1.165, 1.54) is 6.20 Å². The lowest BCUT2D eigenvalue weighted by molar-refractivity contribution is -0.137. The predicted molar refractivity (Wildman–Crippen MR) is 59.9 cm³/mol. The number of halogens is 3. The Kier molecular flexibility index (Phi) is 3.70. The summed E-state index contributed by atoms with van der Waals surface area (Å²) in [4.78, 5) is 6.24. The third kappa shape index (κ3) is 3.40. The summed E-state index contributed by atoms with van der Waals surface area (Å²) >= 11 is 0.737. The van der Waals surface area contributed by atoms with Crippen molar-refractivity contribution in [2.45, 2.75) is 25.7 Å². The fourth-order valence-electron chi connectivity index (χ4n) is 1.89. The van der Waals surface area contributed by atoms with Crippen LogP contribution in [0.3, 0.4) is 0 Å². The van der Waals surface area contributed by atoms with E-state index >= 15 is 0 Å². The van der Waals surface area contributed by atoms with Gasteiger partial charge >= 0.3 is 6.18 Å². The number of nitrogens with zero attached hydrogens (tertiary/aromatic N) is 2. The van der Waals surface area contributed by atoms with Crippen molar-refractivity contribution in [1.29, 1.82) is 0 Å². The summed E-state index contributed by atoms with van der Waals surface area (Å²) in [5.74, 6) is 0. The highest BCUT2D eigenvalue weighted by Crippen LogP contribution is 2.32. The summed E-state index contributed by atoms with van der Waals surface area (Å²) in [6.07, 6.45) is -2.99. The van der Waals surface area contributed by atoms with E-state index in [-0.39, 0.29) is 0 Å². The molecule has 2 rings (SSSR count). The SMILES string of the molecule is C[C@@H]1CN(Cc2cnc(C(F)(F)F)s2)CCN1. The molecule has 0 radical (unpaired) electrons. The molecule has 1 aliphatic rings. The van der Waals surface area contributed by atoms with Crippen LogP contribution in [0.15, 0.2) is 6.20 Å². The van der Waals surface area contributed by atoms with Gasteiger partial charge in [0.2, 0.25) is 0 Å². The van der Waals surface area contributed by atoms with Crippen LogP contribution >= 0.6 is 11.3 Å². The van der Waals surface area contributed by atoms with Gasteiger partial charge in [-0.15, -0.1) is 11.3 Å². The van der Waals surface area contributed by atoms with Gasteiger partial charge in [-0.2, -0.15) is 13.2 Å². The minimum atomic E-state index is -4.32. The lowest BCUT2D eigenvalue weighted by Crippen LogP contribution is -2.48. The molecule has 0 aromatic carbocycles. The van der Waals surface area contributed by atoms with Crippen molar-refractivity contribution in [2.24, 2.45) is 0 Å². The lowest BCUT2D eigenvalue weighted by atomic mass is 10.2. The van der Waals surface area contributed by atoms with Gasteiger partial charge in [0.25, 0.3) is 0 Å². The van der Waals surface area contributed by atoms with Crippen molar-refractivity contribution in [3.63, 3.8) is 0 Å². The van der Waals surface area contributed by atoms with Crippen LogP contribution in [-0.4, -0.2) is 35.6 Å². The van der Waals surface area contributed by atoms with E-state index in [1.54, 1.807) is 0 Å². The minimum Gasteiger partial charge on any atom is -0.312 e. The van der Waals surface area contributed by atoms with E-state index in [0.717, 1.165) is 31.0 Å². The summed E-state index contributed by atoms with van der Waals surface area (Å²) in [5.41, 5.74) is 0. The zero-order valence-electron chi connectivity index (χ0n) is 9.42. The molecule has 0 aliphatic carbocycles. The number of nitrogens with one attached hydrogen (secondary N) is 1. The zero-order valence-corrected chi connectivity index (χ0v) is 10.2. The first-order valence-electron chi connectivity index (χ1n) is 5.43. The first-order chi connectivity index (χ1) is 7.95. The summed E-state index contributed by atoms with van der Waals surface area (Å²) in [6.45, 7) is 5.23. The molecule has 1 aromatic rings. The van der Waals surface area contributed by atoms with Gasteiger partial charge in [0.1, 0.15) is 0 Å². The van der Waals surface area contributed by atoms with Gasteiger partial charge < -0.3 is 5.32 Å². The molecule has 0 spiro atoms. The van der Waals surface area contributed by atoms with Crippen LogP contribution in [0.4, 0.5) is 13.2 Å². The van der Waals surface area contributed by atoms with Crippen molar-refractivity contribution >= 4 is 11.3 Å². The molecule has 1 aliphatic heterocycles. The maximum Gasteiger partial charge on any atom is 0.443 e. The maximum absolute atomic E-state index is 12.4. The zero-order chi connectivity index (χ0) is 12.5. The van der Waals surface area contributed by atoms with Gasteiger partial charge in [0, 0.05) is 43.3 Å². The number of hydrogen-bond acceptors (Lipinski definition) is 4. The standard InChI is InChI=1S/C10H14F3N3S/c1-7-5-16(3-2-14-7)6-8-4-15-9(17-8)10(11,12)13/h4,7,14H,2-3,5-6H2,1H3/t7-/m1/s1. The van der Waals surface area contributed by atoms with E-state index in [9.17, 15) is 13.2 Å². The van der Waals surface area contributed by atoms with Crippen molar-refractivity contribution in [1.82, 2.24) is 15.2 Å². The molecule has 2 heterocycles. The van der Waals surface area contributed by atoms with Crippen LogP contribution < -0.4 is 5.32 Å². The van der Waals surface area contributed by atoms with Gasteiger partial charge in [0.15, 0.2) is 5.01 Å². The van der Waals surface area contributed by atoms with E-state index in [0.29, 0.717) is 17.5 Å². The van der Waals surface area contributed by atoms with Gasteiger partial charge in [-0.05, 0) is 6.92 Å². The Labute approximate surface area is 102 Å². The molecule has 96 valence electrons. The van der Waals surface area contributed by atoms with Crippen LogP contribution in [0.25, 0.3) is 0 Å². The highest BCUT2D eigenvalue weighted by atomic mass is 32.1. The fraction of sp³-hybridized carbons (Fsp3) is 0.700. The second kappa shape index (κ2) is 4.91. The minimum absolute atomic E-state index is 0.388. The average Bonchev–Trinajstić information content (AvgIpc) is 2.65. The summed E-state index contributed by atoms with van der Waals surface area (Å²) < 4.78 is 37.1. The normalized spacial score (nSPS) is 22.9. The van der Waals surface area contributed by atoms with Crippen LogP contribution in [-0.2, 0) is 12.7 Å². The summed E-state index contributed by atoms with van der Waals surface area (Å²) in [6, 6.07) is 0.388. The monoisotopic (exact) mass is 265 g/mol. The van der Waals surface area contributed by atoms with Crippen LogP contribution in [0.2, 0.25) is 0 Å². The third-order valence-electron chi connectivity index (χ3n) is 2.63. The Bertz CT molecular complexity index is 377. The molecular weight excluding hydrogens is 251 g/mol. The number of hydrogen-bond donors (Lipinski definition) is 1. The van der Waals surface area contributed by atoms with Crippen molar-refractivity contribution in [3.8, 4) is 0 Å². The Morgan fingerprint density at radius 1 is 1.59 bits per heavy atom. The molecule has 1 saturated heterocycles. The number of piperazine rings is 1. The van der Waals surface area contributed by atoms with Crippen LogP contribution in [0.5, 0.6) is 0 Å². The number of alkyl halides is 3. The van der Waals surface area contributed by atoms with Crippen molar-refractivity contribution in [2.75, 3.05) is 19.6 Å². The molecule has 0 amide bonds. The molecule has 0 bridgehead atoms. The smallest absolute Gasteiger partial charge is 0.312 e. The third-order valence-corrected chi connectivity index (χ3v) is 3.66. The molecule has 7 heteroatoms. The number of rotatable bonds is 2. The van der Waals surface area contributed by atoms with Crippen molar-refractivity contribution in [3.05, 3.63) is 16.1 Å². The quantitative estimate of drug-likeness (QED) is 0.886. The van der Waals surface area contributed by atoms with Gasteiger partial charge in [0.05, 0.1) is 0 Å². The lowest BCUT2D eigenvalue weighted by Gasteiger charge is -2.31. The molecule has 1 fully saturated rings. The predicted octanol–water partition coefficient (Wildman–Crippen LogP) is 1.96. The fourth-order valence-corrected chi connectivity index (χ4v) is 2.71. The molecule has 0 unspecified atom stereocenters. The van der Waals surface area contributed by atoms with E-state index in [2.05, 4.69) is 22.1 Å². The molecule has 1 N–H and O–H groups in total. The topological polar surface area (TPSA) is 28.2 Å². The number of aromatic nitrogens is 1. The molecule has 3 nitrogen and oxygen atoms in total. The first kappa shape index (κ1) is 12.8. The maximum atomic E-state index is 12.4. The Hall–Kier alpha value is -0.660. The van der Waals surface area contributed by atoms with Gasteiger partial charge in [-0.1, -0.05) is 0 Å². The molecule has 17 heavy (non-hydrogen) atoms. The highest BCUT2D eigenvalue weighted by Gasteiger charge is 2.34. The summed E-state index contributed by atoms with van der Waals surface area (Å²) in [7, 11) is 0. The largest absolute Gasteiger partial charge is 0.443 e. The average molecular weight is 265 g/mol. The Morgan fingerprint density at radius 3 is 2.94 bits per heavy atom. The Morgan fingerprint density at radius 2 is 2.35 bits per heavy atom. The Balaban J connectivity index is 1.97. The van der Waals surface area contributed by atoms with Crippen molar-refractivity contribution < 1.29 is 13.2 Å². The highest BCUT2D eigenvalue weighted by molar-refractivity contribution is 7.11. The van der Waals surface area contributed by atoms with Gasteiger partial charge in [-0.25, -0.2) is 4.98 Å². The summed E-state index contributed by atoms with van der Waals surface area (Å²) in [5, 5.41) is 2.54. The first-order valence-corrected chi connectivity index (χ1v) is 6.24. The molecule has 0 saturated carbocycles. The van der Waals surface area contributed by atoms with Crippen LogP contribution in [0.1, 0.15) is 16.8 Å². The van der Waals surface area contributed by atoms with E-state index < -0.39 is 11.2 Å². The van der Waals surface area contributed by atoms with Gasteiger partial charge in [-0.3, -0.25) is 4.90 Å². The van der Waals surface area contributed by atoms with E-state index in [1.807, 2.05) is 0 Å². The van der Waals surface area contributed by atoms with Crippen LogP contribution in [0, 0.1) is 0 Å². The molecular formula is C10H14F3N3S. The molecule has 1 atom stereocenters.